The molecule has 1 saturated heterocycles. The first-order valence-corrected chi connectivity index (χ1v) is 13.4. The Hall–Kier alpha value is -4.05. The predicted octanol–water partition coefficient (Wildman–Crippen LogP) is 4.71. The van der Waals surface area contributed by atoms with E-state index >= 15 is 0 Å². The fourth-order valence-electron chi connectivity index (χ4n) is 4.83. The number of aromatic nitrogens is 5. The maximum absolute atomic E-state index is 13.0. The van der Waals surface area contributed by atoms with Crippen LogP contribution in [0.5, 0.6) is 0 Å². The lowest BCUT2D eigenvalue weighted by Gasteiger charge is -2.40. The Morgan fingerprint density at radius 3 is 2.69 bits per heavy atom. The topological polar surface area (TPSA) is 105 Å². The highest BCUT2D eigenvalue weighted by atomic mass is 16.5. The molecule has 1 aliphatic heterocycles. The Kier molecular flexibility index (Phi) is 7.22. The summed E-state index contributed by atoms with van der Waals surface area (Å²) in [6, 6.07) is 9.85. The Morgan fingerprint density at radius 1 is 1.15 bits per heavy atom. The molecule has 1 unspecified atom stereocenters. The lowest BCUT2D eigenvalue weighted by atomic mass is 9.93. The second kappa shape index (κ2) is 10.6. The molecule has 204 valence electrons. The van der Waals surface area contributed by atoms with Crippen molar-refractivity contribution in [2.75, 3.05) is 36.4 Å². The number of hydrogen-bond donors (Lipinski definition) is 1. The third-order valence-corrected chi connectivity index (χ3v) is 7.26. The highest BCUT2D eigenvalue weighted by Crippen LogP contribution is 2.27. The molecule has 0 radical (unpaired) electrons. The standard InChI is InChI=1S/C29H36N8O2/c1-7-35-10-11-36(17-20(35)3)23-12-22(15-30-16-23)24-18-37(34-32-24)25-13-21(9-8-19(25)2)28(38)31-27-14-26(39-33-27)29(4,5)6/h8-9,12-16,18,20H,7,10-11,17H2,1-6H3,(H,31,33,38). The lowest BCUT2D eigenvalue weighted by molar-refractivity contribution is 0.102. The predicted molar refractivity (Wildman–Crippen MR) is 151 cm³/mol. The zero-order chi connectivity index (χ0) is 27.7. The number of carbonyl (C=O) groups is 1. The Morgan fingerprint density at radius 2 is 1.97 bits per heavy atom. The van der Waals surface area contributed by atoms with Crippen LogP contribution in [0.3, 0.4) is 0 Å². The van der Waals surface area contributed by atoms with Crippen LogP contribution in [0.1, 0.15) is 56.3 Å². The molecule has 0 spiro atoms. The summed E-state index contributed by atoms with van der Waals surface area (Å²) in [6.07, 6.45) is 5.59. The van der Waals surface area contributed by atoms with E-state index in [0.717, 1.165) is 54.4 Å². The first-order chi connectivity index (χ1) is 18.6. The van der Waals surface area contributed by atoms with Gasteiger partial charge in [0.25, 0.3) is 5.91 Å². The van der Waals surface area contributed by atoms with Crippen molar-refractivity contribution in [1.82, 2.24) is 30.0 Å². The van der Waals surface area contributed by atoms with Gasteiger partial charge in [-0.3, -0.25) is 14.7 Å². The van der Waals surface area contributed by atoms with Gasteiger partial charge >= 0.3 is 0 Å². The summed E-state index contributed by atoms with van der Waals surface area (Å²) in [4.78, 5) is 22.4. The van der Waals surface area contributed by atoms with E-state index in [4.69, 9.17) is 4.52 Å². The zero-order valence-corrected chi connectivity index (χ0v) is 23.5. The Labute approximate surface area is 229 Å². The maximum Gasteiger partial charge on any atom is 0.256 e. The average Bonchev–Trinajstić information content (AvgIpc) is 3.59. The SMILES string of the molecule is CCN1CCN(c2cncc(-c3cn(-c4cc(C(=O)Nc5cc(C(C)(C)C)on5)ccc4C)nn3)c2)CC1C. The number of piperazine rings is 1. The minimum Gasteiger partial charge on any atom is -0.367 e. The van der Waals surface area contributed by atoms with E-state index in [1.807, 2.05) is 52.4 Å². The van der Waals surface area contributed by atoms with Crippen LogP contribution in [0.25, 0.3) is 16.9 Å². The van der Waals surface area contributed by atoms with E-state index < -0.39 is 0 Å². The third-order valence-electron chi connectivity index (χ3n) is 7.26. The highest BCUT2D eigenvalue weighted by Gasteiger charge is 2.23. The van der Waals surface area contributed by atoms with Gasteiger partial charge in [-0.05, 0) is 44.2 Å². The molecule has 1 aromatic carbocycles. The summed E-state index contributed by atoms with van der Waals surface area (Å²) in [6.45, 7) is 16.6. The van der Waals surface area contributed by atoms with Gasteiger partial charge < -0.3 is 14.7 Å². The van der Waals surface area contributed by atoms with Gasteiger partial charge in [0.2, 0.25) is 0 Å². The number of aryl methyl sites for hydroxylation is 1. The molecule has 1 amide bonds. The minimum atomic E-state index is -0.278. The van der Waals surface area contributed by atoms with E-state index in [-0.39, 0.29) is 11.3 Å². The summed E-state index contributed by atoms with van der Waals surface area (Å²) in [7, 11) is 0. The summed E-state index contributed by atoms with van der Waals surface area (Å²) in [5.41, 5.74) is 4.72. The third kappa shape index (κ3) is 5.70. The summed E-state index contributed by atoms with van der Waals surface area (Å²) in [5.74, 6) is 0.807. The molecule has 1 N–H and O–H groups in total. The number of benzene rings is 1. The van der Waals surface area contributed by atoms with Crippen molar-refractivity contribution in [2.24, 2.45) is 0 Å². The van der Waals surface area contributed by atoms with Crippen LogP contribution in [-0.4, -0.2) is 68.2 Å². The van der Waals surface area contributed by atoms with Gasteiger partial charge in [-0.2, -0.15) is 0 Å². The second-order valence-corrected chi connectivity index (χ2v) is 11.2. The Balaban J connectivity index is 1.34. The number of hydrogen-bond acceptors (Lipinski definition) is 8. The van der Waals surface area contributed by atoms with Crippen LogP contribution in [0.15, 0.2) is 53.4 Å². The van der Waals surface area contributed by atoms with Gasteiger partial charge in [0.1, 0.15) is 11.5 Å². The van der Waals surface area contributed by atoms with Gasteiger partial charge in [-0.1, -0.05) is 44.1 Å². The number of nitrogens with one attached hydrogen (secondary N) is 1. The zero-order valence-electron chi connectivity index (χ0n) is 23.5. The number of anilines is 2. The summed E-state index contributed by atoms with van der Waals surface area (Å²) in [5, 5.41) is 15.6. The fourth-order valence-corrected chi connectivity index (χ4v) is 4.83. The summed E-state index contributed by atoms with van der Waals surface area (Å²) >= 11 is 0. The van der Waals surface area contributed by atoms with Gasteiger partial charge in [-0.15, -0.1) is 5.10 Å². The smallest absolute Gasteiger partial charge is 0.256 e. The van der Waals surface area contributed by atoms with Gasteiger partial charge in [0.15, 0.2) is 5.82 Å². The van der Waals surface area contributed by atoms with E-state index in [1.54, 1.807) is 22.9 Å². The van der Waals surface area contributed by atoms with E-state index in [9.17, 15) is 4.79 Å². The molecular weight excluding hydrogens is 492 g/mol. The molecule has 10 heteroatoms. The highest BCUT2D eigenvalue weighted by molar-refractivity contribution is 6.04. The van der Waals surface area contributed by atoms with Crippen molar-refractivity contribution in [3.63, 3.8) is 0 Å². The molecule has 1 aliphatic rings. The largest absolute Gasteiger partial charge is 0.367 e. The fraction of sp³-hybridized carbons (Fsp3) is 0.414. The number of carbonyl (C=O) groups excluding carboxylic acids is 1. The quantitative estimate of drug-likeness (QED) is 0.384. The molecule has 1 atom stereocenters. The number of pyridine rings is 1. The number of rotatable bonds is 6. The van der Waals surface area contributed by atoms with Crippen LogP contribution in [0.4, 0.5) is 11.5 Å². The molecule has 4 heterocycles. The molecule has 1 fully saturated rings. The van der Waals surface area contributed by atoms with Crippen molar-refractivity contribution in [3.8, 4) is 16.9 Å². The number of likely N-dealkylation sites (N-methyl/N-ethyl adjacent to an activating group) is 1. The van der Waals surface area contributed by atoms with Crippen molar-refractivity contribution in [1.29, 1.82) is 0 Å². The van der Waals surface area contributed by atoms with Crippen LogP contribution >= 0.6 is 0 Å². The van der Waals surface area contributed by atoms with Crippen molar-refractivity contribution in [3.05, 3.63) is 65.8 Å². The normalized spacial score (nSPS) is 16.5. The number of amides is 1. The minimum absolute atomic E-state index is 0.199. The van der Waals surface area contributed by atoms with Gasteiger partial charge in [-0.25, -0.2) is 4.68 Å². The van der Waals surface area contributed by atoms with Crippen molar-refractivity contribution >= 4 is 17.4 Å². The molecule has 0 bridgehead atoms. The molecule has 3 aromatic heterocycles. The van der Waals surface area contributed by atoms with Crippen LogP contribution in [-0.2, 0) is 5.41 Å². The molecule has 10 nitrogen and oxygen atoms in total. The molecular formula is C29H36N8O2. The maximum atomic E-state index is 13.0. The molecule has 39 heavy (non-hydrogen) atoms. The first kappa shape index (κ1) is 26.6. The van der Waals surface area contributed by atoms with E-state index in [1.165, 1.54) is 0 Å². The lowest BCUT2D eigenvalue weighted by Crippen LogP contribution is -2.51. The molecule has 0 aliphatic carbocycles. The van der Waals surface area contributed by atoms with Crippen molar-refractivity contribution in [2.45, 2.75) is 53.0 Å². The molecule has 0 saturated carbocycles. The van der Waals surface area contributed by atoms with Crippen LogP contribution < -0.4 is 10.2 Å². The first-order valence-electron chi connectivity index (χ1n) is 13.4. The molecule has 4 aromatic rings. The van der Waals surface area contributed by atoms with Crippen LogP contribution in [0, 0.1) is 6.92 Å². The van der Waals surface area contributed by atoms with E-state index in [2.05, 4.69) is 55.5 Å². The second-order valence-electron chi connectivity index (χ2n) is 11.2. The van der Waals surface area contributed by atoms with Crippen molar-refractivity contribution < 1.29 is 9.32 Å². The summed E-state index contributed by atoms with van der Waals surface area (Å²) < 4.78 is 7.09. The Bertz CT molecular complexity index is 1470. The van der Waals surface area contributed by atoms with E-state index in [0.29, 0.717) is 23.2 Å². The monoisotopic (exact) mass is 528 g/mol. The average molecular weight is 529 g/mol. The van der Waals surface area contributed by atoms with Crippen LogP contribution in [0.2, 0.25) is 0 Å². The number of nitrogens with zero attached hydrogens (tertiary/aromatic N) is 7. The van der Waals surface area contributed by atoms with Gasteiger partial charge in [0.05, 0.1) is 23.8 Å². The van der Waals surface area contributed by atoms with Gasteiger partial charge in [0, 0.05) is 54.5 Å². The molecule has 5 rings (SSSR count).